The third-order valence-corrected chi connectivity index (χ3v) is 3.48. The summed E-state index contributed by atoms with van der Waals surface area (Å²) in [6.07, 6.45) is 4.13. The molecule has 3 heteroatoms. The zero-order chi connectivity index (χ0) is 11.2. The molecule has 0 aromatic carbocycles. The predicted molar refractivity (Wildman–Crippen MR) is 61.6 cm³/mol. The van der Waals surface area contributed by atoms with Crippen molar-refractivity contribution >= 4 is 0 Å². The van der Waals surface area contributed by atoms with E-state index in [1.807, 2.05) is 10.9 Å². The van der Waals surface area contributed by atoms with Crippen molar-refractivity contribution in [2.45, 2.75) is 46.2 Å². The molecule has 1 aromatic rings. The molecule has 0 amide bonds. The fourth-order valence-electron chi connectivity index (χ4n) is 2.33. The Morgan fingerprint density at radius 3 is 2.60 bits per heavy atom. The van der Waals surface area contributed by atoms with E-state index in [1.54, 1.807) is 0 Å². The molecule has 0 bridgehead atoms. The second kappa shape index (κ2) is 3.34. The van der Waals surface area contributed by atoms with Crippen molar-refractivity contribution in [3.05, 3.63) is 18.0 Å². The topological polar surface area (TPSA) is 43.8 Å². The van der Waals surface area contributed by atoms with Gasteiger partial charge >= 0.3 is 0 Å². The molecule has 2 N–H and O–H groups in total. The Hall–Kier alpha value is -0.830. The van der Waals surface area contributed by atoms with Crippen molar-refractivity contribution in [1.82, 2.24) is 9.78 Å². The van der Waals surface area contributed by atoms with Crippen molar-refractivity contribution in [1.29, 1.82) is 0 Å². The van der Waals surface area contributed by atoms with Crippen molar-refractivity contribution in [3.63, 3.8) is 0 Å². The average Bonchev–Trinajstić information content (AvgIpc) is 2.46. The molecule has 3 nitrogen and oxygen atoms in total. The van der Waals surface area contributed by atoms with E-state index in [1.165, 1.54) is 5.56 Å². The maximum Gasteiger partial charge on any atom is 0.0525 e. The minimum atomic E-state index is 0.256. The molecule has 1 aliphatic carbocycles. The summed E-state index contributed by atoms with van der Waals surface area (Å²) >= 11 is 0. The fraction of sp³-hybridized carbons (Fsp3) is 0.750. The second-order valence-corrected chi connectivity index (χ2v) is 5.71. The molecule has 15 heavy (non-hydrogen) atoms. The number of hydrogen-bond donors (Lipinski definition) is 1. The SMILES string of the molecule is CC(C)Cn1cc(C2C(N)C2(C)C)cn1. The summed E-state index contributed by atoms with van der Waals surface area (Å²) < 4.78 is 2.03. The van der Waals surface area contributed by atoms with Gasteiger partial charge in [-0.3, -0.25) is 4.68 Å². The standard InChI is InChI=1S/C12H21N3/c1-8(2)6-15-7-9(5-14-15)10-11(13)12(10,3)4/h5,7-8,10-11H,6,13H2,1-4H3. The van der Waals surface area contributed by atoms with Crippen LogP contribution in [0.15, 0.2) is 12.4 Å². The molecule has 2 atom stereocenters. The number of aromatic nitrogens is 2. The summed E-state index contributed by atoms with van der Waals surface area (Å²) in [5.74, 6) is 1.14. The van der Waals surface area contributed by atoms with Gasteiger partial charge in [0.05, 0.1) is 6.20 Å². The third-order valence-electron chi connectivity index (χ3n) is 3.48. The highest BCUT2D eigenvalue weighted by atomic mass is 15.3. The molecule has 1 heterocycles. The van der Waals surface area contributed by atoms with E-state index < -0.39 is 0 Å². The first-order valence-electron chi connectivity index (χ1n) is 5.71. The lowest BCUT2D eigenvalue weighted by Crippen LogP contribution is -2.06. The molecular weight excluding hydrogens is 186 g/mol. The van der Waals surface area contributed by atoms with Crippen LogP contribution in [-0.2, 0) is 6.54 Å². The van der Waals surface area contributed by atoms with E-state index in [0.717, 1.165) is 6.54 Å². The summed E-state index contributed by atoms with van der Waals surface area (Å²) in [4.78, 5) is 0. The van der Waals surface area contributed by atoms with Gasteiger partial charge < -0.3 is 5.73 Å². The van der Waals surface area contributed by atoms with Crippen LogP contribution in [0.1, 0.15) is 39.2 Å². The van der Waals surface area contributed by atoms with Crippen LogP contribution < -0.4 is 5.73 Å². The lowest BCUT2D eigenvalue weighted by Gasteiger charge is -2.03. The Balaban J connectivity index is 2.09. The molecule has 84 valence electrons. The lowest BCUT2D eigenvalue weighted by molar-refractivity contribution is 0.482. The van der Waals surface area contributed by atoms with E-state index in [4.69, 9.17) is 5.73 Å². The van der Waals surface area contributed by atoms with Crippen molar-refractivity contribution in [3.8, 4) is 0 Å². The Morgan fingerprint density at radius 1 is 1.53 bits per heavy atom. The first kappa shape index (κ1) is 10.7. The van der Waals surface area contributed by atoms with E-state index in [-0.39, 0.29) is 5.41 Å². The largest absolute Gasteiger partial charge is 0.327 e. The molecule has 1 saturated carbocycles. The second-order valence-electron chi connectivity index (χ2n) is 5.71. The molecular formula is C12H21N3. The fourth-order valence-corrected chi connectivity index (χ4v) is 2.33. The van der Waals surface area contributed by atoms with Crippen LogP contribution in [0.2, 0.25) is 0 Å². The van der Waals surface area contributed by atoms with Gasteiger partial charge in [0.15, 0.2) is 0 Å². The molecule has 1 aromatic heterocycles. The normalized spacial score (nSPS) is 28.4. The third kappa shape index (κ3) is 1.81. The van der Waals surface area contributed by atoms with E-state index in [0.29, 0.717) is 17.9 Å². The summed E-state index contributed by atoms with van der Waals surface area (Å²) in [6, 6.07) is 0.300. The molecule has 0 aliphatic heterocycles. The van der Waals surface area contributed by atoms with Gasteiger partial charge in [-0.05, 0) is 16.9 Å². The van der Waals surface area contributed by atoms with Gasteiger partial charge in [-0.15, -0.1) is 0 Å². The predicted octanol–water partition coefficient (Wildman–Crippen LogP) is 1.99. The average molecular weight is 207 g/mol. The van der Waals surface area contributed by atoms with Gasteiger partial charge in [-0.1, -0.05) is 27.7 Å². The zero-order valence-corrected chi connectivity index (χ0v) is 10.1. The highest BCUT2D eigenvalue weighted by Crippen LogP contribution is 2.57. The van der Waals surface area contributed by atoms with Gasteiger partial charge in [0, 0.05) is 24.7 Å². The zero-order valence-electron chi connectivity index (χ0n) is 10.1. The Labute approximate surface area is 91.7 Å². The Kier molecular flexibility index (Phi) is 2.38. The van der Waals surface area contributed by atoms with Crippen LogP contribution >= 0.6 is 0 Å². The van der Waals surface area contributed by atoms with Crippen LogP contribution in [0.5, 0.6) is 0 Å². The summed E-state index contributed by atoms with van der Waals surface area (Å²) in [7, 11) is 0. The van der Waals surface area contributed by atoms with Crippen molar-refractivity contribution < 1.29 is 0 Å². The van der Waals surface area contributed by atoms with Crippen molar-refractivity contribution in [2.24, 2.45) is 17.1 Å². The van der Waals surface area contributed by atoms with Gasteiger partial charge in [0.1, 0.15) is 0 Å². The first-order valence-corrected chi connectivity index (χ1v) is 5.71. The molecule has 0 spiro atoms. The quantitative estimate of drug-likeness (QED) is 0.823. The molecule has 1 aliphatic rings. The molecule has 0 saturated heterocycles. The number of nitrogens with zero attached hydrogens (tertiary/aromatic N) is 2. The maximum absolute atomic E-state index is 6.05. The van der Waals surface area contributed by atoms with E-state index in [2.05, 4.69) is 39.0 Å². The smallest absolute Gasteiger partial charge is 0.0525 e. The molecule has 2 unspecified atom stereocenters. The molecule has 1 fully saturated rings. The number of hydrogen-bond acceptors (Lipinski definition) is 2. The first-order chi connectivity index (χ1) is 6.93. The van der Waals surface area contributed by atoms with E-state index in [9.17, 15) is 0 Å². The monoisotopic (exact) mass is 207 g/mol. The minimum absolute atomic E-state index is 0.256. The Morgan fingerprint density at radius 2 is 2.13 bits per heavy atom. The summed E-state index contributed by atoms with van der Waals surface area (Å²) in [6.45, 7) is 9.84. The van der Waals surface area contributed by atoms with Crippen LogP contribution in [0.3, 0.4) is 0 Å². The van der Waals surface area contributed by atoms with Crippen LogP contribution in [0, 0.1) is 11.3 Å². The highest BCUT2D eigenvalue weighted by Gasteiger charge is 2.56. The highest BCUT2D eigenvalue weighted by molar-refractivity contribution is 5.30. The summed E-state index contributed by atoms with van der Waals surface area (Å²) in [5, 5.41) is 4.38. The number of nitrogens with two attached hydrogens (primary N) is 1. The minimum Gasteiger partial charge on any atom is -0.327 e. The maximum atomic E-state index is 6.05. The van der Waals surface area contributed by atoms with Crippen LogP contribution in [0.25, 0.3) is 0 Å². The van der Waals surface area contributed by atoms with Gasteiger partial charge in [-0.25, -0.2) is 0 Å². The van der Waals surface area contributed by atoms with Crippen LogP contribution in [0.4, 0.5) is 0 Å². The van der Waals surface area contributed by atoms with Gasteiger partial charge in [0.25, 0.3) is 0 Å². The molecule has 0 radical (unpaired) electrons. The lowest BCUT2D eigenvalue weighted by atomic mass is 10.1. The van der Waals surface area contributed by atoms with Crippen molar-refractivity contribution in [2.75, 3.05) is 0 Å². The number of rotatable bonds is 3. The molecule has 2 rings (SSSR count). The van der Waals surface area contributed by atoms with E-state index >= 15 is 0 Å². The van der Waals surface area contributed by atoms with Gasteiger partial charge in [0.2, 0.25) is 0 Å². The Bertz CT molecular complexity index is 352. The van der Waals surface area contributed by atoms with Gasteiger partial charge in [-0.2, -0.15) is 5.10 Å². The summed E-state index contributed by atoms with van der Waals surface area (Å²) in [5.41, 5.74) is 7.60. The van der Waals surface area contributed by atoms with Crippen LogP contribution in [-0.4, -0.2) is 15.8 Å².